The van der Waals surface area contributed by atoms with E-state index < -0.39 is 20.2 Å². The second-order valence-electron chi connectivity index (χ2n) is 5.88. The van der Waals surface area contributed by atoms with Crippen molar-refractivity contribution >= 4 is 42.4 Å². The Kier molecular flexibility index (Phi) is 4.93. The van der Waals surface area contributed by atoms with Crippen LogP contribution < -0.4 is 0 Å². The molecule has 0 aliphatic heterocycles. The van der Waals surface area contributed by atoms with Crippen LogP contribution in [0.5, 0.6) is 5.75 Å². The highest BCUT2D eigenvalue weighted by Crippen LogP contribution is 2.38. The summed E-state index contributed by atoms with van der Waals surface area (Å²) in [6.45, 7) is 1.56. The van der Waals surface area contributed by atoms with E-state index in [9.17, 15) is 26.5 Å². The molecule has 3 aromatic rings. The third kappa shape index (κ3) is 3.87. The van der Waals surface area contributed by atoms with Gasteiger partial charge in [-0.3, -0.25) is 9.11 Å². The molecule has 3 rings (SSSR count). The van der Waals surface area contributed by atoms with Gasteiger partial charge in [0.1, 0.15) is 16.3 Å². The second-order valence-corrected chi connectivity index (χ2v) is 8.69. The number of fused-ring (bicyclic) bond motifs is 1. The molecule has 9 nitrogen and oxygen atoms in total. The van der Waals surface area contributed by atoms with Crippen molar-refractivity contribution in [2.75, 3.05) is 0 Å². The van der Waals surface area contributed by atoms with Crippen LogP contribution in [0.4, 0.5) is 11.4 Å². The summed E-state index contributed by atoms with van der Waals surface area (Å²) >= 11 is 0. The van der Waals surface area contributed by atoms with Gasteiger partial charge in [-0.1, -0.05) is 12.1 Å². The summed E-state index contributed by atoms with van der Waals surface area (Å²) in [6, 6.07) is 10.3. The molecule has 0 unspecified atom stereocenters. The van der Waals surface area contributed by atoms with Crippen LogP contribution in [-0.4, -0.2) is 31.0 Å². The van der Waals surface area contributed by atoms with Gasteiger partial charge in [0.05, 0.1) is 10.6 Å². The van der Waals surface area contributed by atoms with Gasteiger partial charge in [0.2, 0.25) is 0 Å². The lowest BCUT2D eigenvalue weighted by Crippen LogP contribution is -1.98. The molecule has 0 spiro atoms. The quantitative estimate of drug-likeness (QED) is 0.427. The molecule has 0 aliphatic carbocycles. The molecule has 28 heavy (non-hydrogen) atoms. The van der Waals surface area contributed by atoms with Gasteiger partial charge in [-0.15, -0.1) is 5.11 Å². The van der Waals surface area contributed by atoms with Crippen LogP contribution in [0.2, 0.25) is 0 Å². The van der Waals surface area contributed by atoms with Gasteiger partial charge in [0, 0.05) is 10.8 Å². The standard InChI is InChI=1S/C17H14N2O7S2/c1-10-9-11(27(21,22)23)5-7-14(10)18-19-17-13-3-2-4-16(28(24,25)26)12(13)6-8-15(17)20/h2-9,20H,1H3,(H,21,22,23)(H,24,25,26). The Morgan fingerprint density at radius 3 is 2.14 bits per heavy atom. The van der Waals surface area contributed by atoms with Crippen LogP contribution >= 0.6 is 0 Å². The van der Waals surface area contributed by atoms with E-state index in [4.69, 9.17) is 4.55 Å². The van der Waals surface area contributed by atoms with Crippen molar-refractivity contribution in [1.82, 2.24) is 0 Å². The molecule has 0 bridgehead atoms. The summed E-state index contributed by atoms with van der Waals surface area (Å²) in [7, 11) is -8.84. The predicted octanol–water partition coefficient (Wildman–Crippen LogP) is 3.76. The van der Waals surface area contributed by atoms with Crippen molar-refractivity contribution in [1.29, 1.82) is 0 Å². The van der Waals surface area contributed by atoms with E-state index in [0.29, 0.717) is 5.56 Å². The van der Waals surface area contributed by atoms with Gasteiger partial charge in [-0.05, 0) is 48.9 Å². The fourth-order valence-corrected chi connectivity index (χ4v) is 3.91. The smallest absolute Gasteiger partial charge is 0.295 e. The Morgan fingerprint density at radius 1 is 0.821 bits per heavy atom. The number of phenols is 1. The maximum Gasteiger partial charge on any atom is 0.295 e. The first-order chi connectivity index (χ1) is 13.0. The summed E-state index contributed by atoms with van der Waals surface area (Å²) in [5.74, 6) is -0.268. The molecule has 0 radical (unpaired) electrons. The van der Waals surface area contributed by atoms with Gasteiger partial charge in [-0.25, -0.2) is 0 Å². The average Bonchev–Trinajstić information content (AvgIpc) is 2.59. The van der Waals surface area contributed by atoms with E-state index in [1.54, 1.807) is 6.92 Å². The van der Waals surface area contributed by atoms with Crippen LogP contribution in [0.15, 0.2) is 68.6 Å². The minimum absolute atomic E-state index is 0.0266. The number of rotatable bonds is 4. The number of phenolic OH excluding ortho intramolecular Hbond substituents is 1. The Balaban J connectivity index is 2.14. The number of azo groups is 1. The minimum atomic E-state index is -4.49. The fourth-order valence-electron chi connectivity index (χ4n) is 2.64. The molecule has 0 aromatic heterocycles. The van der Waals surface area contributed by atoms with Crippen molar-refractivity contribution in [2.45, 2.75) is 16.7 Å². The summed E-state index contributed by atoms with van der Waals surface area (Å²) in [5, 5.41) is 18.5. The summed E-state index contributed by atoms with van der Waals surface area (Å²) in [4.78, 5) is -0.634. The van der Waals surface area contributed by atoms with Crippen LogP contribution in [0.1, 0.15) is 5.56 Å². The van der Waals surface area contributed by atoms with Crippen molar-refractivity contribution in [2.24, 2.45) is 10.2 Å². The molecule has 0 fully saturated rings. The summed E-state index contributed by atoms with van der Waals surface area (Å²) in [5.41, 5.74) is 0.647. The number of benzene rings is 3. The van der Waals surface area contributed by atoms with Gasteiger partial charge < -0.3 is 5.11 Å². The highest BCUT2D eigenvalue weighted by atomic mass is 32.2. The van der Waals surface area contributed by atoms with Crippen LogP contribution in [-0.2, 0) is 20.2 Å². The maximum absolute atomic E-state index is 11.5. The van der Waals surface area contributed by atoms with Gasteiger partial charge in [0.15, 0.2) is 0 Å². The third-order valence-electron chi connectivity index (χ3n) is 3.97. The van der Waals surface area contributed by atoms with E-state index in [1.807, 2.05) is 0 Å². The van der Waals surface area contributed by atoms with Crippen LogP contribution in [0, 0.1) is 6.92 Å². The van der Waals surface area contributed by atoms with Crippen LogP contribution in [0.25, 0.3) is 10.8 Å². The fraction of sp³-hybridized carbons (Fsp3) is 0.0588. The van der Waals surface area contributed by atoms with Gasteiger partial charge in [-0.2, -0.15) is 21.9 Å². The average molecular weight is 422 g/mol. The molecule has 0 saturated heterocycles. The first kappa shape index (κ1) is 19.9. The zero-order valence-corrected chi connectivity index (χ0v) is 15.9. The first-order valence-corrected chi connectivity index (χ1v) is 10.6. The normalized spacial score (nSPS) is 12.7. The Hall–Kier alpha value is -2.86. The Labute approximate surface area is 160 Å². The number of hydrogen-bond donors (Lipinski definition) is 3. The van der Waals surface area contributed by atoms with E-state index in [0.717, 1.165) is 6.07 Å². The van der Waals surface area contributed by atoms with E-state index in [-0.39, 0.29) is 37.7 Å². The zero-order valence-electron chi connectivity index (χ0n) is 14.3. The molecule has 11 heteroatoms. The second kappa shape index (κ2) is 6.95. The lowest BCUT2D eigenvalue weighted by atomic mass is 10.1. The first-order valence-electron chi connectivity index (χ1n) is 7.70. The maximum atomic E-state index is 11.5. The van der Waals surface area contributed by atoms with E-state index in [1.165, 1.54) is 42.5 Å². The lowest BCUT2D eigenvalue weighted by molar-refractivity contribution is 0.476. The molecule has 146 valence electrons. The molecule has 3 N–H and O–H groups in total. The van der Waals surface area contributed by atoms with E-state index >= 15 is 0 Å². The summed E-state index contributed by atoms with van der Waals surface area (Å²) < 4.78 is 63.9. The SMILES string of the molecule is Cc1cc(S(=O)(=O)O)ccc1N=Nc1c(O)ccc2c(S(=O)(=O)O)cccc12. The van der Waals surface area contributed by atoms with Crippen molar-refractivity contribution < 1.29 is 31.0 Å². The molecule has 3 aromatic carbocycles. The predicted molar refractivity (Wildman–Crippen MR) is 101 cm³/mol. The monoisotopic (exact) mass is 422 g/mol. The Bertz CT molecular complexity index is 1330. The van der Waals surface area contributed by atoms with Crippen LogP contribution in [0.3, 0.4) is 0 Å². The number of aromatic hydroxyl groups is 1. The zero-order chi connectivity index (χ0) is 20.7. The molecule has 0 heterocycles. The highest BCUT2D eigenvalue weighted by Gasteiger charge is 2.17. The van der Waals surface area contributed by atoms with E-state index in [2.05, 4.69) is 10.2 Å². The molecule has 0 aliphatic rings. The highest BCUT2D eigenvalue weighted by molar-refractivity contribution is 7.86. The number of aryl methyl sites for hydroxylation is 1. The summed E-state index contributed by atoms with van der Waals surface area (Å²) in [6.07, 6.45) is 0. The molecule has 0 atom stereocenters. The topological polar surface area (TPSA) is 154 Å². The molecular formula is C17H14N2O7S2. The largest absolute Gasteiger partial charge is 0.506 e. The minimum Gasteiger partial charge on any atom is -0.506 e. The van der Waals surface area contributed by atoms with Crippen molar-refractivity contribution in [3.05, 3.63) is 54.1 Å². The Morgan fingerprint density at radius 2 is 1.54 bits per heavy atom. The number of nitrogens with zero attached hydrogens (tertiary/aromatic N) is 2. The van der Waals surface area contributed by atoms with Gasteiger partial charge in [0.25, 0.3) is 20.2 Å². The molecular weight excluding hydrogens is 408 g/mol. The number of hydrogen-bond acceptors (Lipinski definition) is 7. The van der Waals surface area contributed by atoms with Crippen molar-refractivity contribution in [3.8, 4) is 5.75 Å². The third-order valence-corrected chi connectivity index (χ3v) is 5.73. The van der Waals surface area contributed by atoms with Crippen molar-refractivity contribution in [3.63, 3.8) is 0 Å². The molecule has 0 amide bonds. The lowest BCUT2D eigenvalue weighted by Gasteiger charge is -2.07. The van der Waals surface area contributed by atoms with Gasteiger partial charge >= 0.3 is 0 Å². The molecule has 0 saturated carbocycles.